The van der Waals surface area contributed by atoms with E-state index in [1.54, 1.807) is 36.0 Å². The first-order chi connectivity index (χ1) is 9.41. The van der Waals surface area contributed by atoms with Crippen LogP contribution in [0.5, 0.6) is 0 Å². The Morgan fingerprint density at radius 1 is 1.35 bits per heavy atom. The van der Waals surface area contributed by atoms with Crippen LogP contribution in [0.15, 0.2) is 18.2 Å². The Labute approximate surface area is 119 Å². The molecule has 2 amide bonds. The van der Waals surface area contributed by atoms with E-state index in [1.165, 1.54) is 0 Å². The fourth-order valence-corrected chi connectivity index (χ4v) is 2.50. The summed E-state index contributed by atoms with van der Waals surface area (Å²) in [5, 5.41) is 0. The predicted octanol–water partition coefficient (Wildman–Crippen LogP) is 1.27. The number of nitrogens with two attached hydrogens (primary N) is 1. The minimum atomic E-state index is -0.347. The van der Waals surface area contributed by atoms with Crippen LogP contribution in [0.1, 0.15) is 28.8 Å². The lowest BCUT2D eigenvalue weighted by molar-refractivity contribution is -0.132. The van der Waals surface area contributed by atoms with Gasteiger partial charge in [-0.1, -0.05) is 6.07 Å². The van der Waals surface area contributed by atoms with Gasteiger partial charge in [-0.3, -0.25) is 9.59 Å². The fourth-order valence-electron chi connectivity index (χ4n) is 2.50. The van der Waals surface area contributed by atoms with Crippen molar-refractivity contribution in [3.8, 4) is 0 Å². The van der Waals surface area contributed by atoms with E-state index < -0.39 is 0 Å². The van der Waals surface area contributed by atoms with Crippen molar-refractivity contribution in [1.29, 1.82) is 0 Å². The van der Waals surface area contributed by atoms with Gasteiger partial charge in [0, 0.05) is 31.9 Å². The summed E-state index contributed by atoms with van der Waals surface area (Å²) in [6.07, 6.45) is 1.58. The molecule has 2 N–H and O–H groups in total. The van der Waals surface area contributed by atoms with Gasteiger partial charge in [0.25, 0.3) is 5.91 Å². The SMILES string of the molecule is Cc1ccc(C(=O)N2CCCC2C(=O)N(C)C)cc1N. The Morgan fingerprint density at radius 3 is 2.65 bits per heavy atom. The van der Waals surface area contributed by atoms with Gasteiger partial charge in [-0.05, 0) is 37.5 Å². The second kappa shape index (κ2) is 5.53. The van der Waals surface area contributed by atoms with E-state index in [2.05, 4.69) is 0 Å². The third kappa shape index (κ3) is 2.61. The molecule has 2 rings (SSSR count). The third-order valence-electron chi connectivity index (χ3n) is 3.77. The lowest BCUT2D eigenvalue weighted by Gasteiger charge is -2.26. The monoisotopic (exact) mass is 275 g/mol. The molecule has 1 heterocycles. The van der Waals surface area contributed by atoms with Gasteiger partial charge in [-0.15, -0.1) is 0 Å². The van der Waals surface area contributed by atoms with Crippen LogP contribution in [0.2, 0.25) is 0 Å². The van der Waals surface area contributed by atoms with Gasteiger partial charge in [0.05, 0.1) is 0 Å². The first kappa shape index (κ1) is 14.4. The van der Waals surface area contributed by atoms with Crippen molar-refractivity contribution >= 4 is 17.5 Å². The number of likely N-dealkylation sites (N-methyl/N-ethyl adjacent to an activating group) is 1. The molecule has 1 aliphatic heterocycles. The second-order valence-electron chi connectivity index (χ2n) is 5.46. The number of anilines is 1. The number of hydrogen-bond acceptors (Lipinski definition) is 3. The minimum Gasteiger partial charge on any atom is -0.398 e. The minimum absolute atomic E-state index is 0.0177. The summed E-state index contributed by atoms with van der Waals surface area (Å²) in [7, 11) is 3.43. The van der Waals surface area contributed by atoms with Crippen LogP contribution >= 0.6 is 0 Å². The number of carbonyl (C=O) groups is 2. The Bertz CT molecular complexity index is 540. The molecule has 0 radical (unpaired) electrons. The lowest BCUT2D eigenvalue weighted by atomic mass is 10.1. The Kier molecular flexibility index (Phi) is 3.97. The van der Waals surface area contributed by atoms with Gasteiger partial charge < -0.3 is 15.5 Å². The Hall–Kier alpha value is -2.04. The predicted molar refractivity (Wildman–Crippen MR) is 78.3 cm³/mol. The molecular formula is C15H21N3O2. The van der Waals surface area contributed by atoms with E-state index in [-0.39, 0.29) is 17.9 Å². The van der Waals surface area contributed by atoms with Gasteiger partial charge in [-0.25, -0.2) is 0 Å². The molecule has 1 atom stereocenters. The van der Waals surface area contributed by atoms with Crippen LogP contribution in [0, 0.1) is 6.92 Å². The highest BCUT2D eigenvalue weighted by atomic mass is 16.2. The summed E-state index contributed by atoms with van der Waals surface area (Å²) in [4.78, 5) is 27.9. The zero-order valence-corrected chi connectivity index (χ0v) is 12.2. The molecule has 1 fully saturated rings. The zero-order chi connectivity index (χ0) is 14.9. The normalized spacial score (nSPS) is 18.1. The first-order valence-corrected chi connectivity index (χ1v) is 6.80. The van der Waals surface area contributed by atoms with Crippen LogP contribution in [0.3, 0.4) is 0 Å². The molecule has 1 aliphatic rings. The number of amides is 2. The summed E-state index contributed by atoms with van der Waals surface area (Å²) in [5.74, 6) is -0.134. The Morgan fingerprint density at radius 2 is 2.05 bits per heavy atom. The maximum atomic E-state index is 12.5. The molecule has 0 bridgehead atoms. The molecule has 5 heteroatoms. The number of aryl methyl sites for hydroxylation is 1. The van der Waals surface area contributed by atoms with Crippen molar-refractivity contribution in [3.63, 3.8) is 0 Å². The number of hydrogen-bond donors (Lipinski definition) is 1. The van der Waals surface area contributed by atoms with Crippen molar-refractivity contribution in [1.82, 2.24) is 9.80 Å². The second-order valence-corrected chi connectivity index (χ2v) is 5.46. The smallest absolute Gasteiger partial charge is 0.254 e. The van der Waals surface area contributed by atoms with E-state index in [0.717, 1.165) is 18.4 Å². The van der Waals surface area contributed by atoms with E-state index in [1.807, 2.05) is 13.0 Å². The quantitative estimate of drug-likeness (QED) is 0.827. The molecule has 1 unspecified atom stereocenters. The van der Waals surface area contributed by atoms with Gasteiger partial charge in [0.2, 0.25) is 5.91 Å². The van der Waals surface area contributed by atoms with E-state index >= 15 is 0 Å². The van der Waals surface area contributed by atoms with Crippen LogP contribution in [-0.4, -0.2) is 48.3 Å². The van der Waals surface area contributed by atoms with E-state index in [9.17, 15) is 9.59 Å². The summed E-state index contributed by atoms with van der Waals surface area (Å²) >= 11 is 0. The van der Waals surface area contributed by atoms with Crippen LogP contribution in [0.25, 0.3) is 0 Å². The molecule has 1 aromatic carbocycles. The first-order valence-electron chi connectivity index (χ1n) is 6.80. The van der Waals surface area contributed by atoms with E-state index in [4.69, 9.17) is 5.73 Å². The number of benzene rings is 1. The van der Waals surface area contributed by atoms with Crippen LogP contribution in [0.4, 0.5) is 5.69 Å². The van der Waals surface area contributed by atoms with Crippen LogP contribution in [-0.2, 0) is 4.79 Å². The number of rotatable bonds is 2. The van der Waals surface area contributed by atoms with Crippen molar-refractivity contribution in [2.45, 2.75) is 25.8 Å². The molecule has 0 aliphatic carbocycles. The molecule has 1 aromatic rings. The maximum absolute atomic E-state index is 12.5. The summed E-state index contributed by atoms with van der Waals surface area (Å²) in [5.41, 5.74) is 7.95. The van der Waals surface area contributed by atoms with Crippen LogP contribution < -0.4 is 5.73 Å². The number of carbonyl (C=O) groups excluding carboxylic acids is 2. The highest BCUT2D eigenvalue weighted by Gasteiger charge is 2.35. The highest BCUT2D eigenvalue weighted by Crippen LogP contribution is 2.23. The van der Waals surface area contributed by atoms with Gasteiger partial charge in [-0.2, -0.15) is 0 Å². The number of nitrogens with zero attached hydrogens (tertiary/aromatic N) is 2. The molecular weight excluding hydrogens is 254 g/mol. The molecule has 20 heavy (non-hydrogen) atoms. The van der Waals surface area contributed by atoms with Crippen molar-refractivity contribution in [3.05, 3.63) is 29.3 Å². The van der Waals surface area contributed by atoms with Crippen molar-refractivity contribution in [2.24, 2.45) is 0 Å². The molecule has 0 spiro atoms. The summed E-state index contributed by atoms with van der Waals surface area (Å²) < 4.78 is 0. The van der Waals surface area contributed by atoms with Gasteiger partial charge in [0.15, 0.2) is 0 Å². The average Bonchev–Trinajstić information content (AvgIpc) is 2.89. The maximum Gasteiger partial charge on any atom is 0.254 e. The van der Waals surface area contributed by atoms with Crippen molar-refractivity contribution < 1.29 is 9.59 Å². The zero-order valence-electron chi connectivity index (χ0n) is 12.2. The lowest BCUT2D eigenvalue weighted by Crippen LogP contribution is -2.45. The molecule has 0 aromatic heterocycles. The fraction of sp³-hybridized carbons (Fsp3) is 0.467. The number of likely N-dealkylation sites (tertiary alicyclic amines) is 1. The average molecular weight is 275 g/mol. The van der Waals surface area contributed by atoms with Gasteiger partial charge >= 0.3 is 0 Å². The van der Waals surface area contributed by atoms with E-state index in [0.29, 0.717) is 17.8 Å². The van der Waals surface area contributed by atoms with Gasteiger partial charge in [0.1, 0.15) is 6.04 Å². The highest BCUT2D eigenvalue weighted by molar-refractivity contribution is 5.98. The molecule has 108 valence electrons. The third-order valence-corrected chi connectivity index (χ3v) is 3.77. The largest absolute Gasteiger partial charge is 0.398 e. The molecule has 1 saturated heterocycles. The van der Waals surface area contributed by atoms with Crippen molar-refractivity contribution in [2.75, 3.05) is 26.4 Å². The summed E-state index contributed by atoms with van der Waals surface area (Å²) in [6, 6.07) is 4.94. The Balaban J connectivity index is 2.23. The molecule has 0 saturated carbocycles. The summed E-state index contributed by atoms with van der Waals surface area (Å²) in [6.45, 7) is 2.52. The standard InChI is InChI=1S/C15H21N3O2/c1-10-6-7-11(9-12(10)16)14(19)18-8-4-5-13(18)15(20)17(2)3/h6-7,9,13H,4-5,8,16H2,1-3H3. The number of nitrogen functional groups attached to an aromatic ring is 1. The molecule has 5 nitrogen and oxygen atoms in total. The topological polar surface area (TPSA) is 66.6 Å².